The normalized spacial score (nSPS) is 27.8. The van der Waals surface area contributed by atoms with Gasteiger partial charge in [0, 0.05) is 25.3 Å². The summed E-state index contributed by atoms with van der Waals surface area (Å²) >= 11 is 0. The number of fused-ring (bicyclic) bond motifs is 4. The Morgan fingerprint density at radius 1 is 1.08 bits per heavy atom. The molecule has 5 atom stereocenters. The number of nitrogens with zero attached hydrogens (tertiary/aromatic N) is 1. The van der Waals surface area contributed by atoms with Crippen molar-refractivity contribution in [3.05, 3.63) is 74.7 Å². The predicted molar refractivity (Wildman–Crippen MR) is 135 cm³/mol. The van der Waals surface area contributed by atoms with Crippen LogP contribution in [0.15, 0.2) is 63.1 Å². The minimum atomic E-state index is -0.317. The molecule has 1 aliphatic heterocycles. The summed E-state index contributed by atoms with van der Waals surface area (Å²) < 4.78 is 23.4. The number of rotatable bonds is 7. The van der Waals surface area contributed by atoms with Crippen LogP contribution in [-0.2, 0) is 19.0 Å². The van der Waals surface area contributed by atoms with Gasteiger partial charge in [0.05, 0.1) is 33.3 Å². The third kappa shape index (κ3) is 4.40. The molecule has 1 fully saturated rings. The minimum Gasteiger partial charge on any atom is -0.493 e. The van der Waals surface area contributed by atoms with E-state index in [1.54, 1.807) is 26.4 Å². The van der Waals surface area contributed by atoms with E-state index in [1.807, 2.05) is 18.5 Å². The van der Waals surface area contributed by atoms with Crippen molar-refractivity contribution in [2.24, 2.45) is 22.7 Å². The summed E-state index contributed by atoms with van der Waals surface area (Å²) in [4.78, 5) is 29.4. The number of aliphatic imine (C=N–C) groups is 1. The van der Waals surface area contributed by atoms with Crippen LogP contribution in [0.3, 0.4) is 0 Å². The highest BCUT2D eigenvalue weighted by molar-refractivity contribution is 5.73. The number of allylic oxidation sites excluding steroid dienone is 2. The number of hydrogen-bond acceptors (Lipinski definition) is 7. The number of methoxy groups -OCH3 is 3. The van der Waals surface area contributed by atoms with E-state index in [4.69, 9.17) is 18.9 Å². The molecule has 0 aromatic heterocycles. The van der Waals surface area contributed by atoms with Crippen LogP contribution < -0.4 is 15.5 Å². The van der Waals surface area contributed by atoms with E-state index in [2.05, 4.69) is 16.4 Å². The smallest absolute Gasteiger partial charge is 0.220 e. The zero-order chi connectivity index (χ0) is 25.4. The summed E-state index contributed by atoms with van der Waals surface area (Å²) in [6.07, 6.45) is 8.50. The first-order valence-corrected chi connectivity index (χ1v) is 12.3. The Hall–Kier alpha value is -3.55. The molecular formula is C28H32N2O6. The largest absolute Gasteiger partial charge is 0.493 e. The van der Waals surface area contributed by atoms with E-state index < -0.39 is 0 Å². The average molecular weight is 493 g/mol. The molecule has 8 heteroatoms. The van der Waals surface area contributed by atoms with Crippen LogP contribution >= 0.6 is 0 Å². The number of hydrogen-bond donors (Lipinski definition) is 1. The lowest BCUT2D eigenvalue weighted by Crippen LogP contribution is -2.26. The highest BCUT2D eigenvalue weighted by Crippen LogP contribution is 2.50. The van der Waals surface area contributed by atoms with Crippen LogP contribution in [0.5, 0.6) is 5.75 Å². The van der Waals surface area contributed by atoms with Crippen molar-refractivity contribution in [3.8, 4) is 5.75 Å². The summed E-state index contributed by atoms with van der Waals surface area (Å²) in [5.41, 5.74) is 2.59. The number of carbonyl (C=O) groups excluding carboxylic acids is 1. The summed E-state index contributed by atoms with van der Waals surface area (Å²) in [6, 6.07) is 4.88. The van der Waals surface area contributed by atoms with Gasteiger partial charge in [-0.2, -0.15) is 0 Å². The van der Waals surface area contributed by atoms with Gasteiger partial charge < -0.3 is 24.3 Å². The molecule has 8 nitrogen and oxygen atoms in total. The Morgan fingerprint density at radius 3 is 2.64 bits per heavy atom. The van der Waals surface area contributed by atoms with Crippen molar-refractivity contribution >= 4 is 12.1 Å². The van der Waals surface area contributed by atoms with Crippen LogP contribution in [0.1, 0.15) is 49.3 Å². The van der Waals surface area contributed by atoms with Crippen LogP contribution in [0.25, 0.3) is 0 Å². The zero-order valence-electron chi connectivity index (χ0n) is 21.1. The highest BCUT2D eigenvalue weighted by atomic mass is 16.5. The standard InChI is InChI=1S/C28H32N2O6/c1-15(31)30-22-7-5-16-10-25(34-3)27(35-4)28(36-14-18-13-29-12-17-9-20(17)18)26(16)19-6-8-24(33-2)23(32)11-21(19)22/h6,8,10-13,16-17,20,22,26H,5,7,9,14H2,1-4H3,(H,30,31). The molecule has 0 saturated heterocycles. The molecule has 1 aromatic rings. The highest BCUT2D eigenvalue weighted by Gasteiger charge is 2.43. The molecule has 36 heavy (non-hydrogen) atoms. The minimum absolute atomic E-state index is 0.0156. The van der Waals surface area contributed by atoms with Gasteiger partial charge in [0.2, 0.25) is 11.3 Å². The topological polar surface area (TPSA) is 95.5 Å². The van der Waals surface area contributed by atoms with E-state index in [0.29, 0.717) is 42.1 Å². The van der Waals surface area contributed by atoms with E-state index >= 15 is 0 Å². The second-order valence-electron chi connectivity index (χ2n) is 9.72. The fourth-order valence-corrected chi connectivity index (χ4v) is 5.72. The van der Waals surface area contributed by atoms with E-state index in [0.717, 1.165) is 24.0 Å². The maximum Gasteiger partial charge on any atom is 0.220 e. The first-order valence-electron chi connectivity index (χ1n) is 12.3. The van der Waals surface area contributed by atoms with Crippen molar-refractivity contribution in [3.63, 3.8) is 0 Å². The van der Waals surface area contributed by atoms with Crippen molar-refractivity contribution in [2.45, 2.75) is 38.1 Å². The maximum atomic E-state index is 12.9. The van der Waals surface area contributed by atoms with Crippen molar-refractivity contribution in [1.29, 1.82) is 0 Å². The lowest BCUT2D eigenvalue weighted by atomic mass is 9.79. The van der Waals surface area contributed by atoms with Gasteiger partial charge in [-0.25, -0.2) is 0 Å². The van der Waals surface area contributed by atoms with Gasteiger partial charge in [-0.15, -0.1) is 0 Å². The van der Waals surface area contributed by atoms with Crippen LogP contribution in [0.2, 0.25) is 0 Å². The second kappa shape index (κ2) is 9.84. The average Bonchev–Trinajstić information content (AvgIpc) is 3.68. The van der Waals surface area contributed by atoms with Gasteiger partial charge in [-0.1, -0.05) is 6.07 Å². The predicted octanol–water partition coefficient (Wildman–Crippen LogP) is 3.75. The SMILES string of the molecule is COC1=CC2CCC(NC(C)=O)c3cc(=O)c(OC)ccc3C2C(OCC2=CN=CC3CC23)=C1OC. The zero-order valence-corrected chi connectivity index (χ0v) is 21.1. The summed E-state index contributed by atoms with van der Waals surface area (Å²) in [5.74, 6) is 2.70. The fourth-order valence-electron chi connectivity index (χ4n) is 5.72. The molecule has 0 spiro atoms. The van der Waals surface area contributed by atoms with Gasteiger partial charge in [0.15, 0.2) is 23.0 Å². The van der Waals surface area contributed by atoms with E-state index in [-0.39, 0.29) is 35.0 Å². The van der Waals surface area contributed by atoms with Crippen LogP contribution in [-0.4, -0.2) is 40.1 Å². The monoisotopic (exact) mass is 492 g/mol. The molecule has 1 heterocycles. The lowest BCUT2D eigenvalue weighted by molar-refractivity contribution is -0.119. The Bertz CT molecular complexity index is 1250. The molecule has 0 radical (unpaired) electrons. The Balaban J connectivity index is 1.63. The fraction of sp³-hybridized carbons (Fsp3) is 0.464. The molecule has 1 N–H and O–H groups in total. The molecule has 1 amide bonds. The van der Waals surface area contributed by atoms with Gasteiger partial charge in [-0.05, 0) is 66.0 Å². The lowest BCUT2D eigenvalue weighted by Gasteiger charge is -2.33. The number of carbonyl (C=O) groups is 1. The molecule has 3 aliphatic carbocycles. The molecule has 5 unspecified atom stereocenters. The summed E-state index contributed by atoms with van der Waals surface area (Å²) in [6.45, 7) is 1.89. The summed E-state index contributed by atoms with van der Waals surface area (Å²) in [7, 11) is 4.71. The molecule has 5 rings (SSSR count). The first-order chi connectivity index (χ1) is 17.4. The van der Waals surface area contributed by atoms with Gasteiger partial charge in [0.25, 0.3) is 0 Å². The third-order valence-corrected chi connectivity index (χ3v) is 7.55. The Labute approximate surface area is 210 Å². The number of amides is 1. The van der Waals surface area contributed by atoms with Crippen molar-refractivity contribution in [1.82, 2.24) is 5.32 Å². The molecule has 1 saturated carbocycles. The molecular weight excluding hydrogens is 460 g/mol. The van der Waals surface area contributed by atoms with Crippen LogP contribution in [0, 0.1) is 17.8 Å². The van der Waals surface area contributed by atoms with E-state index in [9.17, 15) is 9.59 Å². The number of nitrogens with one attached hydrogen (secondary N) is 1. The molecule has 190 valence electrons. The van der Waals surface area contributed by atoms with Gasteiger partial charge in [-0.3, -0.25) is 14.6 Å². The van der Waals surface area contributed by atoms with Crippen molar-refractivity contribution < 1.29 is 23.7 Å². The van der Waals surface area contributed by atoms with E-state index in [1.165, 1.54) is 19.6 Å². The van der Waals surface area contributed by atoms with Crippen molar-refractivity contribution in [2.75, 3.05) is 27.9 Å². The van der Waals surface area contributed by atoms with Crippen LogP contribution in [0.4, 0.5) is 0 Å². The first kappa shape index (κ1) is 24.2. The number of ether oxygens (including phenoxy) is 4. The second-order valence-corrected chi connectivity index (χ2v) is 9.72. The maximum absolute atomic E-state index is 12.9. The Morgan fingerprint density at radius 2 is 1.92 bits per heavy atom. The Kier molecular flexibility index (Phi) is 6.60. The third-order valence-electron chi connectivity index (χ3n) is 7.55. The quantitative estimate of drug-likeness (QED) is 0.623. The van der Waals surface area contributed by atoms with Gasteiger partial charge >= 0.3 is 0 Å². The van der Waals surface area contributed by atoms with Gasteiger partial charge in [0.1, 0.15) is 6.61 Å². The molecule has 0 bridgehead atoms. The summed E-state index contributed by atoms with van der Waals surface area (Å²) in [5, 5.41) is 3.04. The molecule has 1 aromatic carbocycles. The molecule has 4 aliphatic rings.